The second-order valence-electron chi connectivity index (χ2n) is 5.54. The van der Waals surface area contributed by atoms with Crippen LogP contribution in [0.25, 0.3) is 0 Å². The van der Waals surface area contributed by atoms with E-state index in [2.05, 4.69) is 0 Å². The highest BCUT2D eigenvalue weighted by molar-refractivity contribution is 7.89. The molecule has 2 fully saturated rings. The van der Waals surface area contributed by atoms with Gasteiger partial charge in [0, 0.05) is 19.1 Å². The van der Waals surface area contributed by atoms with Crippen LogP contribution < -0.4 is 5.73 Å². The largest absolute Gasteiger partial charge is 0.327 e. The van der Waals surface area contributed by atoms with Gasteiger partial charge in [0.15, 0.2) is 0 Å². The summed E-state index contributed by atoms with van der Waals surface area (Å²) in [6.45, 7) is 0.768. The molecule has 3 unspecified atom stereocenters. The fourth-order valence-corrected chi connectivity index (χ4v) is 5.42. The molecule has 0 amide bonds. The van der Waals surface area contributed by atoms with Crippen molar-refractivity contribution in [2.24, 2.45) is 17.6 Å². The first-order valence-corrected chi connectivity index (χ1v) is 8.43. The highest BCUT2D eigenvalue weighted by atomic mass is 35.5. The number of nitrogens with zero attached hydrogens (tertiary/aromatic N) is 1. The Hall–Kier alpha value is -0.690. The van der Waals surface area contributed by atoms with Crippen molar-refractivity contribution in [1.82, 2.24) is 4.31 Å². The van der Waals surface area contributed by atoms with Crippen molar-refractivity contribution in [3.63, 3.8) is 0 Å². The molecule has 2 aliphatic rings. The second-order valence-corrected chi connectivity index (χ2v) is 7.82. The molecule has 20 heavy (non-hydrogen) atoms. The summed E-state index contributed by atoms with van der Waals surface area (Å²) in [5, 5.41) is -0.0774. The molecule has 7 heteroatoms. The fraction of sp³-hybridized carbons (Fsp3) is 0.538. The number of sulfonamides is 1. The van der Waals surface area contributed by atoms with E-state index in [-0.39, 0.29) is 22.9 Å². The van der Waals surface area contributed by atoms with E-state index < -0.39 is 20.7 Å². The topological polar surface area (TPSA) is 63.4 Å². The van der Waals surface area contributed by atoms with Crippen LogP contribution >= 0.6 is 11.6 Å². The Balaban J connectivity index is 1.94. The summed E-state index contributed by atoms with van der Waals surface area (Å²) < 4.78 is 40.3. The summed E-state index contributed by atoms with van der Waals surface area (Å²) in [6, 6.07) is 3.93. The minimum Gasteiger partial charge on any atom is -0.327 e. The Labute approximate surface area is 122 Å². The van der Waals surface area contributed by atoms with Gasteiger partial charge in [0.2, 0.25) is 10.0 Å². The van der Waals surface area contributed by atoms with Crippen LogP contribution in [0.2, 0.25) is 5.02 Å². The van der Waals surface area contributed by atoms with Crippen LogP contribution in [-0.2, 0) is 10.0 Å². The SMILES string of the molecule is NC1CCC2CN(S(=O)(=O)c3c(F)cccc3Cl)CC12. The van der Waals surface area contributed by atoms with Crippen LogP contribution in [0.4, 0.5) is 4.39 Å². The number of benzene rings is 1. The first-order chi connectivity index (χ1) is 9.41. The predicted octanol–water partition coefficient (Wildman–Crippen LogP) is 1.84. The van der Waals surface area contributed by atoms with E-state index in [9.17, 15) is 12.8 Å². The molecular formula is C13H16ClFN2O2S. The molecule has 2 N–H and O–H groups in total. The predicted molar refractivity (Wildman–Crippen MR) is 74.4 cm³/mol. The van der Waals surface area contributed by atoms with Crippen LogP contribution in [0.3, 0.4) is 0 Å². The Kier molecular flexibility index (Phi) is 3.52. The van der Waals surface area contributed by atoms with Crippen LogP contribution in [0, 0.1) is 17.7 Å². The van der Waals surface area contributed by atoms with E-state index >= 15 is 0 Å². The number of hydrogen-bond donors (Lipinski definition) is 1. The van der Waals surface area contributed by atoms with Gasteiger partial charge in [0.05, 0.1) is 5.02 Å². The number of fused-ring (bicyclic) bond motifs is 1. The third-order valence-corrected chi connectivity index (χ3v) is 6.73. The van der Waals surface area contributed by atoms with Crippen molar-refractivity contribution in [2.45, 2.75) is 23.8 Å². The zero-order valence-electron chi connectivity index (χ0n) is 10.8. The van der Waals surface area contributed by atoms with Gasteiger partial charge >= 0.3 is 0 Å². The monoisotopic (exact) mass is 318 g/mol. The molecule has 0 spiro atoms. The standard InChI is InChI=1S/C13H16ClFN2O2S/c14-10-2-1-3-11(15)13(10)20(18,19)17-6-8-4-5-12(16)9(8)7-17/h1-3,8-9,12H,4-7,16H2. The normalized spacial score (nSPS) is 30.6. The average molecular weight is 319 g/mol. The quantitative estimate of drug-likeness (QED) is 0.905. The molecule has 0 bridgehead atoms. The van der Waals surface area contributed by atoms with Crippen molar-refractivity contribution in [3.8, 4) is 0 Å². The summed E-state index contributed by atoms with van der Waals surface area (Å²) >= 11 is 5.87. The van der Waals surface area contributed by atoms with Crippen molar-refractivity contribution in [2.75, 3.05) is 13.1 Å². The van der Waals surface area contributed by atoms with Gasteiger partial charge in [-0.2, -0.15) is 4.31 Å². The van der Waals surface area contributed by atoms with Gasteiger partial charge in [0.25, 0.3) is 0 Å². The van der Waals surface area contributed by atoms with Crippen LogP contribution in [0.1, 0.15) is 12.8 Å². The van der Waals surface area contributed by atoms with Gasteiger partial charge in [0.1, 0.15) is 10.7 Å². The van der Waals surface area contributed by atoms with Crippen molar-refractivity contribution >= 4 is 21.6 Å². The molecule has 1 saturated heterocycles. The van der Waals surface area contributed by atoms with Crippen LogP contribution in [0.15, 0.2) is 23.1 Å². The Morgan fingerprint density at radius 3 is 2.70 bits per heavy atom. The maximum atomic E-state index is 13.9. The lowest BCUT2D eigenvalue weighted by Gasteiger charge is -2.19. The Morgan fingerprint density at radius 1 is 1.30 bits per heavy atom. The van der Waals surface area contributed by atoms with Gasteiger partial charge in [-0.25, -0.2) is 12.8 Å². The van der Waals surface area contributed by atoms with Gasteiger partial charge in [-0.1, -0.05) is 17.7 Å². The van der Waals surface area contributed by atoms with E-state index in [1.165, 1.54) is 16.4 Å². The molecule has 1 aliphatic heterocycles. The van der Waals surface area contributed by atoms with E-state index in [1.54, 1.807) is 0 Å². The molecule has 110 valence electrons. The lowest BCUT2D eigenvalue weighted by molar-refractivity contribution is 0.424. The fourth-order valence-electron chi connectivity index (χ4n) is 3.32. The van der Waals surface area contributed by atoms with Gasteiger partial charge in [-0.3, -0.25) is 0 Å². The highest BCUT2D eigenvalue weighted by Crippen LogP contribution is 2.40. The number of halogens is 2. The van der Waals surface area contributed by atoms with Gasteiger partial charge in [-0.15, -0.1) is 0 Å². The third-order valence-electron chi connectivity index (χ3n) is 4.40. The molecule has 1 heterocycles. The summed E-state index contributed by atoms with van der Waals surface area (Å²) in [5.41, 5.74) is 6.00. The number of rotatable bonds is 2. The summed E-state index contributed by atoms with van der Waals surface area (Å²) in [6.07, 6.45) is 1.87. The molecule has 3 atom stereocenters. The number of nitrogens with two attached hydrogens (primary N) is 1. The van der Waals surface area contributed by atoms with Gasteiger partial charge in [-0.05, 0) is 36.8 Å². The molecule has 1 aromatic rings. The molecule has 3 rings (SSSR count). The minimum absolute atomic E-state index is 0.0382. The van der Waals surface area contributed by atoms with Gasteiger partial charge < -0.3 is 5.73 Å². The smallest absolute Gasteiger partial charge is 0.247 e. The summed E-state index contributed by atoms with van der Waals surface area (Å²) in [4.78, 5) is -0.421. The maximum absolute atomic E-state index is 13.9. The number of hydrogen-bond acceptors (Lipinski definition) is 3. The molecule has 1 aromatic carbocycles. The molecule has 1 saturated carbocycles. The molecule has 1 aliphatic carbocycles. The third kappa shape index (κ3) is 2.15. The van der Waals surface area contributed by atoms with E-state index in [0.29, 0.717) is 13.1 Å². The van der Waals surface area contributed by atoms with Crippen LogP contribution in [-0.4, -0.2) is 31.9 Å². The molecule has 0 radical (unpaired) electrons. The molecule has 0 aromatic heterocycles. The lowest BCUT2D eigenvalue weighted by Crippen LogP contribution is -2.34. The van der Waals surface area contributed by atoms with E-state index in [4.69, 9.17) is 17.3 Å². The minimum atomic E-state index is -3.89. The zero-order valence-corrected chi connectivity index (χ0v) is 12.4. The van der Waals surface area contributed by atoms with Crippen molar-refractivity contribution in [1.29, 1.82) is 0 Å². The second kappa shape index (κ2) is 4.94. The maximum Gasteiger partial charge on any atom is 0.247 e. The molecular weight excluding hydrogens is 303 g/mol. The van der Waals surface area contributed by atoms with E-state index in [0.717, 1.165) is 18.9 Å². The van der Waals surface area contributed by atoms with Crippen molar-refractivity contribution < 1.29 is 12.8 Å². The Morgan fingerprint density at radius 2 is 2.05 bits per heavy atom. The first kappa shape index (κ1) is 14.3. The van der Waals surface area contributed by atoms with Crippen LogP contribution in [0.5, 0.6) is 0 Å². The summed E-state index contributed by atoms with van der Waals surface area (Å²) in [7, 11) is -3.89. The first-order valence-electron chi connectivity index (χ1n) is 6.61. The average Bonchev–Trinajstić information content (AvgIpc) is 2.92. The summed E-state index contributed by atoms with van der Waals surface area (Å²) in [5.74, 6) is -0.348. The Bertz CT molecular complexity index is 617. The van der Waals surface area contributed by atoms with Crippen molar-refractivity contribution in [3.05, 3.63) is 29.0 Å². The lowest BCUT2D eigenvalue weighted by atomic mass is 9.98. The molecule has 4 nitrogen and oxygen atoms in total. The van der Waals surface area contributed by atoms with E-state index in [1.807, 2.05) is 0 Å². The highest BCUT2D eigenvalue weighted by Gasteiger charge is 2.45. The zero-order chi connectivity index (χ0) is 14.5.